The van der Waals surface area contributed by atoms with Crippen molar-refractivity contribution >= 4 is 28.9 Å². The van der Waals surface area contributed by atoms with Crippen LogP contribution in [0.3, 0.4) is 0 Å². The molecule has 166 valence electrons. The number of hydrogen-bond donors (Lipinski definition) is 3. The fourth-order valence-corrected chi connectivity index (χ4v) is 4.08. The van der Waals surface area contributed by atoms with Crippen molar-refractivity contribution in [2.75, 3.05) is 45.3 Å². The molecule has 1 fully saturated rings. The minimum atomic E-state index is -0.653. The highest BCUT2D eigenvalue weighted by atomic mass is 35.5. The van der Waals surface area contributed by atoms with Crippen LogP contribution in [0.25, 0.3) is 0 Å². The lowest BCUT2D eigenvalue weighted by atomic mass is 9.95. The van der Waals surface area contributed by atoms with Gasteiger partial charge in [-0.1, -0.05) is 36.0 Å². The van der Waals surface area contributed by atoms with E-state index in [4.69, 9.17) is 38.4 Å². The highest BCUT2D eigenvalue weighted by Crippen LogP contribution is 2.31. The molecule has 1 unspecified atom stereocenters. The van der Waals surface area contributed by atoms with Crippen LogP contribution < -0.4 is 11.1 Å². The van der Waals surface area contributed by atoms with Crippen molar-refractivity contribution in [1.29, 1.82) is 0 Å². The molecule has 1 aliphatic heterocycles. The number of unbranched alkanes of at least 4 members (excludes halogenated alkanes) is 3. The zero-order chi connectivity index (χ0) is 20.9. The number of nitrogen functional groups attached to an aromatic ring is 1. The van der Waals surface area contributed by atoms with Crippen LogP contribution in [0, 0.1) is 5.92 Å². The van der Waals surface area contributed by atoms with E-state index in [0.29, 0.717) is 27.8 Å². The number of aliphatic hydroxyl groups excluding tert-OH is 1. The SMILES string of the molecule is Nc1c(Cl)cc(C(O)CNCCCCCCOCCCC2CCOCC2)cc1Cl. The second-order valence-corrected chi connectivity index (χ2v) is 8.66. The Hall–Kier alpha value is -0.560. The summed E-state index contributed by atoms with van der Waals surface area (Å²) >= 11 is 12.0. The molecular weight excluding hydrogens is 411 g/mol. The van der Waals surface area contributed by atoms with Crippen LogP contribution in [0.2, 0.25) is 10.0 Å². The molecule has 0 bridgehead atoms. The molecule has 0 saturated carbocycles. The highest BCUT2D eigenvalue weighted by molar-refractivity contribution is 6.38. The molecule has 29 heavy (non-hydrogen) atoms. The summed E-state index contributed by atoms with van der Waals surface area (Å²) in [5.74, 6) is 0.840. The van der Waals surface area contributed by atoms with Crippen molar-refractivity contribution in [3.05, 3.63) is 27.7 Å². The smallest absolute Gasteiger partial charge is 0.0915 e. The van der Waals surface area contributed by atoms with Crippen LogP contribution in [0.1, 0.15) is 63.0 Å². The van der Waals surface area contributed by atoms with Crippen LogP contribution in [-0.4, -0.2) is 44.6 Å². The maximum Gasteiger partial charge on any atom is 0.0915 e. The van der Waals surface area contributed by atoms with Gasteiger partial charge in [-0.15, -0.1) is 0 Å². The molecule has 0 spiro atoms. The van der Waals surface area contributed by atoms with Crippen molar-refractivity contribution in [1.82, 2.24) is 5.32 Å². The number of hydrogen-bond acceptors (Lipinski definition) is 5. The Kier molecular flexibility index (Phi) is 12.3. The number of ether oxygens (including phenoxy) is 2. The normalized spacial score (nSPS) is 16.2. The third kappa shape index (κ3) is 9.86. The van der Waals surface area contributed by atoms with E-state index in [1.54, 1.807) is 12.1 Å². The van der Waals surface area contributed by atoms with E-state index in [0.717, 1.165) is 58.2 Å². The van der Waals surface area contributed by atoms with E-state index < -0.39 is 6.10 Å². The van der Waals surface area contributed by atoms with E-state index in [1.165, 1.54) is 32.1 Å². The van der Waals surface area contributed by atoms with Gasteiger partial charge in [-0.2, -0.15) is 0 Å². The molecule has 1 atom stereocenters. The third-order valence-electron chi connectivity index (χ3n) is 5.46. The van der Waals surface area contributed by atoms with Gasteiger partial charge in [-0.3, -0.25) is 0 Å². The Labute approximate surface area is 185 Å². The van der Waals surface area contributed by atoms with Crippen molar-refractivity contribution < 1.29 is 14.6 Å². The van der Waals surface area contributed by atoms with Gasteiger partial charge in [0.05, 0.1) is 21.8 Å². The topological polar surface area (TPSA) is 76.7 Å². The molecule has 5 nitrogen and oxygen atoms in total. The monoisotopic (exact) mass is 446 g/mol. The van der Waals surface area contributed by atoms with Gasteiger partial charge in [0.1, 0.15) is 0 Å². The predicted molar refractivity (Wildman–Crippen MR) is 121 cm³/mol. The molecule has 1 heterocycles. The lowest BCUT2D eigenvalue weighted by Crippen LogP contribution is -2.22. The fraction of sp³-hybridized carbons (Fsp3) is 0.727. The van der Waals surface area contributed by atoms with E-state index in [1.807, 2.05) is 0 Å². The van der Waals surface area contributed by atoms with Gasteiger partial charge in [0.2, 0.25) is 0 Å². The number of halogens is 2. The van der Waals surface area contributed by atoms with Gasteiger partial charge in [-0.05, 0) is 68.7 Å². The van der Waals surface area contributed by atoms with Gasteiger partial charge in [0.15, 0.2) is 0 Å². The Morgan fingerprint density at radius 2 is 1.72 bits per heavy atom. The zero-order valence-corrected chi connectivity index (χ0v) is 18.8. The summed E-state index contributed by atoms with van der Waals surface area (Å²) in [6.45, 7) is 4.95. The summed E-state index contributed by atoms with van der Waals surface area (Å²) in [6.07, 6.45) is 8.75. The van der Waals surface area contributed by atoms with Crippen LogP contribution in [0.5, 0.6) is 0 Å². The molecular formula is C22H36Cl2N2O3. The number of aliphatic hydroxyl groups is 1. The third-order valence-corrected chi connectivity index (χ3v) is 6.08. The van der Waals surface area contributed by atoms with Crippen molar-refractivity contribution in [3.8, 4) is 0 Å². The molecule has 4 N–H and O–H groups in total. The van der Waals surface area contributed by atoms with Crippen LogP contribution in [0.15, 0.2) is 12.1 Å². The molecule has 1 aromatic rings. The molecule has 2 rings (SSSR count). The quantitative estimate of drug-likeness (QED) is 0.277. The summed E-state index contributed by atoms with van der Waals surface area (Å²) in [6, 6.07) is 3.33. The van der Waals surface area contributed by atoms with Crippen molar-refractivity contribution in [2.45, 2.75) is 57.5 Å². The molecule has 0 radical (unpaired) electrons. The molecule has 7 heteroatoms. The van der Waals surface area contributed by atoms with Crippen molar-refractivity contribution in [2.24, 2.45) is 5.92 Å². The molecule has 1 aliphatic rings. The molecule has 1 aromatic carbocycles. The maximum absolute atomic E-state index is 10.2. The Bertz CT molecular complexity index is 560. The molecule has 0 aromatic heterocycles. The number of benzene rings is 1. The minimum absolute atomic E-state index is 0.348. The van der Waals surface area contributed by atoms with E-state index in [9.17, 15) is 5.11 Å². The average molecular weight is 447 g/mol. The zero-order valence-electron chi connectivity index (χ0n) is 17.3. The van der Waals surface area contributed by atoms with Gasteiger partial charge in [-0.25, -0.2) is 0 Å². The van der Waals surface area contributed by atoms with Crippen LogP contribution in [-0.2, 0) is 9.47 Å². The number of anilines is 1. The highest BCUT2D eigenvalue weighted by Gasteiger charge is 2.13. The summed E-state index contributed by atoms with van der Waals surface area (Å²) in [5.41, 5.74) is 6.75. The number of nitrogens with one attached hydrogen (secondary N) is 1. The summed E-state index contributed by atoms with van der Waals surface area (Å²) < 4.78 is 11.1. The van der Waals surface area contributed by atoms with E-state index in [2.05, 4.69) is 5.32 Å². The summed E-state index contributed by atoms with van der Waals surface area (Å²) in [4.78, 5) is 0. The van der Waals surface area contributed by atoms with E-state index >= 15 is 0 Å². The number of rotatable bonds is 14. The first-order valence-electron chi connectivity index (χ1n) is 10.9. The lowest BCUT2D eigenvalue weighted by Gasteiger charge is -2.21. The first-order valence-corrected chi connectivity index (χ1v) is 11.6. The molecule has 1 saturated heterocycles. The number of nitrogens with two attached hydrogens (primary N) is 1. The van der Waals surface area contributed by atoms with Gasteiger partial charge < -0.3 is 25.6 Å². The maximum atomic E-state index is 10.2. The second kappa shape index (κ2) is 14.4. The van der Waals surface area contributed by atoms with E-state index in [-0.39, 0.29) is 0 Å². The second-order valence-electron chi connectivity index (χ2n) is 7.84. The van der Waals surface area contributed by atoms with Gasteiger partial charge in [0, 0.05) is 33.0 Å². The Morgan fingerprint density at radius 1 is 1.07 bits per heavy atom. The van der Waals surface area contributed by atoms with Crippen molar-refractivity contribution in [3.63, 3.8) is 0 Å². The predicted octanol–water partition coefficient (Wildman–Crippen LogP) is 4.98. The molecule has 0 amide bonds. The lowest BCUT2D eigenvalue weighted by molar-refractivity contribution is 0.0578. The minimum Gasteiger partial charge on any atom is -0.396 e. The average Bonchev–Trinajstić information content (AvgIpc) is 2.73. The molecule has 0 aliphatic carbocycles. The largest absolute Gasteiger partial charge is 0.396 e. The summed E-state index contributed by atoms with van der Waals surface area (Å²) in [5, 5.41) is 14.3. The fourth-order valence-electron chi connectivity index (χ4n) is 3.57. The summed E-state index contributed by atoms with van der Waals surface area (Å²) in [7, 11) is 0. The van der Waals surface area contributed by atoms with Crippen LogP contribution >= 0.6 is 23.2 Å². The van der Waals surface area contributed by atoms with Gasteiger partial charge in [0.25, 0.3) is 0 Å². The first-order chi connectivity index (χ1) is 14.1. The van der Waals surface area contributed by atoms with Gasteiger partial charge >= 0.3 is 0 Å². The first kappa shape index (κ1) is 24.7. The van der Waals surface area contributed by atoms with Crippen LogP contribution in [0.4, 0.5) is 5.69 Å². The Morgan fingerprint density at radius 3 is 2.45 bits per heavy atom. The Balaban J connectivity index is 1.39. The standard InChI is InChI=1S/C22H36Cl2N2O3/c23-19-14-18(15-20(24)22(19)25)21(27)16-26-9-3-1-2-4-10-28-11-5-6-17-7-12-29-13-8-17/h14-15,17,21,26-27H,1-13,16,25H2.